The lowest BCUT2D eigenvalue weighted by Crippen LogP contribution is -2.49. The number of piperidine rings is 1. The van der Waals surface area contributed by atoms with Crippen molar-refractivity contribution in [3.05, 3.63) is 0 Å². The fraction of sp³-hybridized carbons (Fsp3) is 1.00. The van der Waals surface area contributed by atoms with E-state index in [9.17, 15) is 0 Å². The maximum Gasteiger partial charge on any atom is 0.0213 e. The Morgan fingerprint density at radius 1 is 1.39 bits per heavy atom. The molecule has 2 atom stereocenters. The van der Waals surface area contributed by atoms with Crippen LogP contribution in [0.4, 0.5) is 0 Å². The second-order valence-electron chi connectivity index (χ2n) is 7.06. The van der Waals surface area contributed by atoms with E-state index in [1.54, 1.807) is 0 Å². The topological polar surface area (TPSA) is 41.3 Å². The number of likely N-dealkylation sites (tertiary alicyclic amines) is 1. The molecule has 0 aliphatic carbocycles. The van der Waals surface area contributed by atoms with E-state index in [1.165, 1.54) is 25.9 Å². The van der Waals surface area contributed by atoms with Gasteiger partial charge in [0.1, 0.15) is 0 Å². The molecule has 2 unspecified atom stereocenters. The van der Waals surface area contributed by atoms with Crippen molar-refractivity contribution in [1.29, 1.82) is 0 Å². The van der Waals surface area contributed by atoms with Gasteiger partial charge >= 0.3 is 0 Å². The quantitative estimate of drug-likeness (QED) is 0.762. The summed E-state index contributed by atoms with van der Waals surface area (Å²) in [5.41, 5.74) is 6.19. The maximum absolute atomic E-state index is 5.83. The molecule has 18 heavy (non-hydrogen) atoms. The summed E-state index contributed by atoms with van der Waals surface area (Å²) in [4.78, 5) is 2.47. The van der Waals surface area contributed by atoms with Crippen LogP contribution in [0.3, 0.4) is 0 Å². The molecule has 0 radical (unpaired) electrons. The highest BCUT2D eigenvalue weighted by atomic mass is 15.1. The number of nitrogens with zero attached hydrogens (tertiary/aromatic N) is 1. The van der Waals surface area contributed by atoms with E-state index >= 15 is 0 Å². The molecule has 0 saturated carbocycles. The van der Waals surface area contributed by atoms with E-state index in [0.717, 1.165) is 19.0 Å². The first-order valence-electron chi connectivity index (χ1n) is 7.49. The van der Waals surface area contributed by atoms with Gasteiger partial charge in [0.25, 0.3) is 0 Å². The average molecular weight is 255 g/mol. The molecule has 1 saturated heterocycles. The summed E-state index contributed by atoms with van der Waals surface area (Å²) >= 11 is 0. The Kier molecular flexibility index (Phi) is 6.09. The van der Waals surface area contributed by atoms with Gasteiger partial charge in [0, 0.05) is 25.7 Å². The minimum atomic E-state index is 0.358. The second-order valence-corrected chi connectivity index (χ2v) is 7.06. The van der Waals surface area contributed by atoms with Gasteiger partial charge in [-0.15, -0.1) is 0 Å². The van der Waals surface area contributed by atoms with Crippen molar-refractivity contribution in [3.8, 4) is 0 Å². The van der Waals surface area contributed by atoms with Crippen LogP contribution in [-0.4, -0.2) is 44.2 Å². The standard InChI is InChI=1S/C15H33N3/c1-12(2)14(9-16)17-11-15(3,4)13-7-6-8-18(5)10-13/h12-14,17H,6-11,16H2,1-5H3. The summed E-state index contributed by atoms with van der Waals surface area (Å²) in [5.74, 6) is 1.41. The Balaban J connectivity index is 2.47. The third-order valence-corrected chi connectivity index (χ3v) is 4.61. The average Bonchev–Trinajstić information content (AvgIpc) is 2.29. The molecule has 1 fully saturated rings. The van der Waals surface area contributed by atoms with Crippen molar-refractivity contribution < 1.29 is 0 Å². The number of nitrogens with two attached hydrogens (primary N) is 1. The molecule has 0 spiro atoms. The predicted molar refractivity (Wildman–Crippen MR) is 79.7 cm³/mol. The van der Waals surface area contributed by atoms with Crippen molar-refractivity contribution in [2.75, 3.05) is 33.2 Å². The van der Waals surface area contributed by atoms with Crippen molar-refractivity contribution in [3.63, 3.8) is 0 Å². The lowest BCUT2D eigenvalue weighted by atomic mass is 9.74. The van der Waals surface area contributed by atoms with Gasteiger partial charge in [0.15, 0.2) is 0 Å². The highest BCUT2D eigenvalue weighted by Crippen LogP contribution is 2.33. The van der Waals surface area contributed by atoms with E-state index in [2.05, 4.69) is 45.0 Å². The molecule has 0 aromatic carbocycles. The molecular weight excluding hydrogens is 222 g/mol. The van der Waals surface area contributed by atoms with Crippen LogP contribution in [-0.2, 0) is 0 Å². The Labute approximate surface area is 113 Å². The second kappa shape index (κ2) is 6.88. The Morgan fingerprint density at radius 2 is 2.06 bits per heavy atom. The van der Waals surface area contributed by atoms with Gasteiger partial charge in [0.2, 0.25) is 0 Å². The number of nitrogens with one attached hydrogen (secondary N) is 1. The summed E-state index contributed by atoms with van der Waals surface area (Å²) in [7, 11) is 2.24. The molecule has 0 aromatic heterocycles. The third-order valence-electron chi connectivity index (χ3n) is 4.61. The molecule has 3 N–H and O–H groups in total. The molecule has 0 aromatic rings. The molecule has 1 heterocycles. The Hall–Kier alpha value is -0.120. The minimum Gasteiger partial charge on any atom is -0.329 e. The summed E-state index contributed by atoms with van der Waals surface area (Å²) in [6, 6.07) is 0.450. The molecule has 1 aliphatic rings. The monoisotopic (exact) mass is 255 g/mol. The third kappa shape index (κ3) is 4.52. The molecule has 1 rings (SSSR count). The minimum absolute atomic E-state index is 0.358. The summed E-state index contributed by atoms with van der Waals surface area (Å²) in [6.45, 7) is 13.6. The molecular formula is C15H33N3. The van der Waals surface area contributed by atoms with Crippen molar-refractivity contribution in [2.24, 2.45) is 23.0 Å². The fourth-order valence-electron chi connectivity index (χ4n) is 2.93. The van der Waals surface area contributed by atoms with Crippen molar-refractivity contribution in [2.45, 2.75) is 46.6 Å². The first kappa shape index (κ1) is 15.9. The number of hydrogen-bond donors (Lipinski definition) is 2. The van der Waals surface area contributed by atoms with Crippen LogP contribution in [0, 0.1) is 17.3 Å². The van der Waals surface area contributed by atoms with Crippen molar-refractivity contribution >= 4 is 0 Å². The number of rotatable bonds is 6. The SMILES string of the molecule is CC(C)C(CN)NCC(C)(C)C1CCCN(C)C1. The van der Waals surface area contributed by atoms with Crippen LogP contribution < -0.4 is 11.1 Å². The highest BCUT2D eigenvalue weighted by Gasteiger charge is 2.32. The normalized spacial score (nSPS) is 24.5. The van der Waals surface area contributed by atoms with Gasteiger partial charge in [-0.2, -0.15) is 0 Å². The molecule has 0 bridgehead atoms. The van der Waals surface area contributed by atoms with Crippen LogP contribution in [0.25, 0.3) is 0 Å². The van der Waals surface area contributed by atoms with Gasteiger partial charge in [-0.3, -0.25) is 0 Å². The molecule has 0 amide bonds. The van der Waals surface area contributed by atoms with Gasteiger partial charge in [-0.1, -0.05) is 27.7 Å². The lowest BCUT2D eigenvalue weighted by Gasteiger charge is -2.41. The van der Waals surface area contributed by atoms with Crippen LogP contribution in [0.1, 0.15) is 40.5 Å². The molecule has 108 valence electrons. The lowest BCUT2D eigenvalue weighted by molar-refractivity contribution is 0.0986. The summed E-state index contributed by atoms with van der Waals surface area (Å²) in [5, 5.41) is 3.68. The van der Waals surface area contributed by atoms with Gasteiger partial charge in [-0.05, 0) is 43.7 Å². The van der Waals surface area contributed by atoms with Crippen LogP contribution in [0.15, 0.2) is 0 Å². The van der Waals surface area contributed by atoms with Crippen LogP contribution in [0.5, 0.6) is 0 Å². The van der Waals surface area contributed by atoms with E-state index in [4.69, 9.17) is 5.73 Å². The van der Waals surface area contributed by atoms with Gasteiger partial charge in [0.05, 0.1) is 0 Å². The smallest absolute Gasteiger partial charge is 0.0213 e. The largest absolute Gasteiger partial charge is 0.329 e. The Bertz CT molecular complexity index is 238. The molecule has 3 heteroatoms. The Morgan fingerprint density at radius 3 is 2.56 bits per heavy atom. The molecule has 1 aliphatic heterocycles. The van der Waals surface area contributed by atoms with Crippen LogP contribution >= 0.6 is 0 Å². The molecule has 3 nitrogen and oxygen atoms in total. The highest BCUT2D eigenvalue weighted by molar-refractivity contribution is 4.86. The first-order chi connectivity index (χ1) is 8.36. The van der Waals surface area contributed by atoms with E-state index < -0.39 is 0 Å². The summed E-state index contributed by atoms with van der Waals surface area (Å²) < 4.78 is 0. The first-order valence-corrected chi connectivity index (χ1v) is 7.49. The fourth-order valence-corrected chi connectivity index (χ4v) is 2.93. The van der Waals surface area contributed by atoms with Gasteiger partial charge in [-0.25, -0.2) is 0 Å². The zero-order valence-electron chi connectivity index (χ0n) is 13.0. The zero-order chi connectivity index (χ0) is 13.8. The van der Waals surface area contributed by atoms with E-state index in [0.29, 0.717) is 17.4 Å². The van der Waals surface area contributed by atoms with E-state index in [-0.39, 0.29) is 0 Å². The maximum atomic E-state index is 5.83. The van der Waals surface area contributed by atoms with Crippen molar-refractivity contribution in [1.82, 2.24) is 10.2 Å². The zero-order valence-corrected chi connectivity index (χ0v) is 13.0. The number of hydrogen-bond acceptors (Lipinski definition) is 3. The van der Waals surface area contributed by atoms with E-state index in [1.807, 2.05) is 0 Å². The van der Waals surface area contributed by atoms with Crippen LogP contribution in [0.2, 0.25) is 0 Å². The predicted octanol–water partition coefficient (Wildman–Crippen LogP) is 1.93. The summed E-state index contributed by atoms with van der Waals surface area (Å²) in [6.07, 6.45) is 2.71. The van der Waals surface area contributed by atoms with Gasteiger partial charge < -0.3 is 16.0 Å².